The molecule has 3 saturated heterocycles. The highest BCUT2D eigenvalue weighted by Crippen LogP contribution is 2.33. The van der Waals surface area contributed by atoms with Crippen molar-refractivity contribution >= 4 is 17.9 Å². The number of hydrogen-bond acceptors (Lipinski definition) is 8. The SMILES string of the molecule is O=C(NO)c1cnc(N2C[C@@H]3C[C@H]2CN3C(=O)OC2CCOCC2)nc1. The molecule has 3 aliphatic rings. The van der Waals surface area contributed by atoms with Crippen molar-refractivity contribution in [2.75, 3.05) is 31.2 Å². The Morgan fingerprint density at radius 3 is 2.54 bits per heavy atom. The zero-order valence-electron chi connectivity index (χ0n) is 14.2. The molecule has 0 spiro atoms. The van der Waals surface area contributed by atoms with E-state index in [0.29, 0.717) is 32.3 Å². The number of amides is 2. The smallest absolute Gasteiger partial charge is 0.410 e. The molecule has 1 aromatic rings. The Morgan fingerprint density at radius 2 is 1.92 bits per heavy atom. The lowest BCUT2D eigenvalue weighted by Crippen LogP contribution is -2.50. The summed E-state index contributed by atoms with van der Waals surface area (Å²) < 4.78 is 10.9. The maximum Gasteiger partial charge on any atom is 0.410 e. The largest absolute Gasteiger partial charge is 0.446 e. The molecule has 2 N–H and O–H groups in total. The Labute approximate surface area is 150 Å². The summed E-state index contributed by atoms with van der Waals surface area (Å²) in [4.78, 5) is 36.0. The zero-order valence-corrected chi connectivity index (χ0v) is 14.2. The monoisotopic (exact) mass is 363 g/mol. The van der Waals surface area contributed by atoms with Crippen LogP contribution in [0.4, 0.5) is 10.7 Å². The number of aromatic nitrogens is 2. The van der Waals surface area contributed by atoms with Crippen molar-refractivity contribution in [3.05, 3.63) is 18.0 Å². The number of ether oxygens (including phenoxy) is 2. The molecular weight excluding hydrogens is 342 g/mol. The molecule has 4 heterocycles. The van der Waals surface area contributed by atoms with E-state index in [1.807, 2.05) is 4.90 Å². The van der Waals surface area contributed by atoms with Crippen molar-refractivity contribution in [1.82, 2.24) is 20.3 Å². The number of hydroxylamine groups is 1. The first-order chi connectivity index (χ1) is 12.7. The molecule has 1 aromatic heterocycles. The first-order valence-electron chi connectivity index (χ1n) is 8.74. The van der Waals surface area contributed by atoms with Gasteiger partial charge in [-0.05, 0) is 6.42 Å². The van der Waals surface area contributed by atoms with Crippen LogP contribution in [0.2, 0.25) is 0 Å². The summed E-state index contributed by atoms with van der Waals surface area (Å²) in [6.07, 6.45) is 4.79. The third-order valence-electron chi connectivity index (χ3n) is 5.17. The Bertz CT molecular complexity index is 678. The number of fused-ring (bicyclic) bond motifs is 2. The van der Waals surface area contributed by atoms with Crippen LogP contribution in [0.3, 0.4) is 0 Å². The van der Waals surface area contributed by atoms with Crippen LogP contribution >= 0.6 is 0 Å². The molecule has 0 aliphatic carbocycles. The fourth-order valence-corrected chi connectivity index (χ4v) is 3.79. The van der Waals surface area contributed by atoms with Crippen molar-refractivity contribution in [3.63, 3.8) is 0 Å². The quantitative estimate of drug-likeness (QED) is 0.577. The molecule has 2 bridgehead atoms. The summed E-state index contributed by atoms with van der Waals surface area (Å²) in [7, 11) is 0. The molecular formula is C16H21N5O5. The van der Waals surface area contributed by atoms with Crippen LogP contribution in [-0.2, 0) is 9.47 Å². The second-order valence-corrected chi connectivity index (χ2v) is 6.76. The van der Waals surface area contributed by atoms with Gasteiger partial charge in [-0.3, -0.25) is 10.0 Å². The van der Waals surface area contributed by atoms with E-state index in [9.17, 15) is 9.59 Å². The number of nitrogens with one attached hydrogen (secondary N) is 1. The molecule has 0 aromatic carbocycles. The predicted molar refractivity (Wildman–Crippen MR) is 87.9 cm³/mol. The highest BCUT2D eigenvalue weighted by Gasteiger charge is 2.47. The molecule has 3 aliphatic heterocycles. The summed E-state index contributed by atoms with van der Waals surface area (Å²) in [5, 5.41) is 8.63. The van der Waals surface area contributed by atoms with Crippen molar-refractivity contribution < 1.29 is 24.3 Å². The van der Waals surface area contributed by atoms with Crippen LogP contribution < -0.4 is 10.4 Å². The topological polar surface area (TPSA) is 117 Å². The lowest BCUT2D eigenvalue weighted by molar-refractivity contribution is -0.0118. The van der Waals surface area contributed by atoms with E-state index in [2.05, 4.69) is 9.97 Å². The number of hydrogen-bond donors (Lipinski definition) is 2. The molecule has 10 nitrogen and oxygen atoms in total. The molecule has 4 rings (SSSR count). The Morgan fingerprint density at radius 1 is 1.19 bits per heavy atom. The number of anilines is 1. The van der Waals surface area contributed by atoms with Gasteiger partial charge < -0.3 is 19.3 Å². The zero-order chi connectivity index (χ0) is 18.1. The van der Waals surface area contributed by atoms with Gasteiger partial charge in [0, 0.05) is 38.3 Å². The van der Waals surface area contributed by atoms with Gasteiger partial charge in [0.15, 0.2) is 0 Å². The first-order valence-corrected chi connectivity index (χ1v) is 8.74. The molecule has 140 valence electrons. The van der Waals surface area contributed by atoms with Gasteiger partial charge in [0.05, 0.1) is 30.9 Å². The third-order valence-corrected chi connectivity index (χ3v) is 5.17. The molecule has 0 unspecified atom stereocenters. The number of carbonyl (C=O) groups is 2. The maximum atomic E-state index is 12.4. The van der Waals surface area contributed by atoms with Crippen molar-refractivity contribution in [2.24, 2.45) is 0 Å². The predicted octanol–water partition coefficient (Wildman–Crippen LogP) is 0.174. The van der Waals surface area contributed by atoms with Crippen LogP contribution in [-0.4, -0.2) is 76.6 Å². The summed E-state index contributed by atoms with van der Waals surface area (Å²) in [6.45, 7) is 2.49. The lowest BCUT2D eigenvalue weighted by Gasteiger charge is -2.34. The van der Waals surface area contributed by atoms with Crippen molar-refractivity contribution in [3.8, 4) is 0 Å². The Hall–Kier alpha value is -2.46. The second kappa shape index (κ2) is 7.04. The van der Waals surface area contributed by atoms with Crippen LogP contribution in [0.1, 0.15) is 29.6 Å². The standard InChI is InChI=1S/C16H21N5O5/c22-14(19-24)10-6-17-15(18-7-10)20-8-12-5-11(20)9-21(12)16(23)26-13-1-3-25-4-2-13/h6-7,11-13,24H,1-5,8-9H2,(H,19,22)/t11-,12-/m0/s1. The molecule has 0 radical (unpaired) electrons. The molecule has 26 heavy (non-hydrogen) atoms. The second-order valence-electron chi connectivity index (χ2n) is 6.76. The van der Waals surface area contributed by atoms with Crippen LogP contribution in [0.15, 0.2) is 12.4 Å². The van der Waals surface area contributed by atoms with Gasteiger partial charge in [0.1, 0.15) is 6.10 Å². The van der Waals surface area contributed by atoms with E-state index in [0.717, 1.165) is 19.3 Å². The van der Waals surface area contributed by atoms with Gasteiger partial charge in [-0.2, -0.15) is 0 Å². The van der Waals surface area contributed by atoms with Gasteiger partial charge >= 0.3 is 6.09 Å². The molecule has 2 atom stereocenters. The molecule has 10 heteroatoms. The first kappa shape index (κ1) is 17.0. The summed E-state index contributed by atoms with van der Waals surface area (Å²) >= 11 is 0. The van der Waals surface area contributed by atoms with E-state index >= 15 is 0 Å². The van der Waals surface area contributed by atoms with Gasteiger partial charge in [0.2, 0.25) is 5.95 Å². The average molecular weight is 363 g/mol. The Balaban J connectivity index is 1.35. The molecule has 3 fully saturated rings. The number of piperazine rings is 1. The van der Waals surface area contributed by atoms with Crippen molar-refractivity contribution in [2.45, 2.75) is 37.5 Å². The Kier molecular flexibility index (Phi) is 4.60. The van der Waals surface area contributed by atoms with E-state index in [1.54, 1.807) is 10.4 Å². The highest BCUT2D eigenvalue weighted by molar-refractivity contribution is 5.92. The maximum absolute atomic E-state index is 12.4. The van der Waals surface area contributed by atoms with Gasteiger partial charge in [-0.25, -0.2) is 20.2 Å². The minimum Gasteiger partial charge on any atom is -0.446 e. The van der Waals surface area contributed by atoms with E-state index < -0.39 is 5.91 Å². The summed E-state index contributed by atoms with van der Waals surface area (Å²) in [5.41, 5.74) is 1.73. The van der Waals surface area contributed by atoms with Crippen LogP contribution in [0.5, 0.6) is 0 Å². The van der Waals surface area contributed by atoms with E-state index in [-0.39, 0.29) is 29.8 Å². The van der Waals surface area contributed by atoms with Crippen LogP contribution in [0, 0.1) is 0 Å². The van der Waals surface area contributed by atoms with Gasteiger partial charge in [-0.1, -0.05) is 0 Å². The summed E-state index contributed by atoms with van der Waals surface area (Å²) in [6, 6.07) is 0.219. The highest BCUT2D eigenvalue weighted by atomic mass is 16.6. The normalized spacial score (nSPS) is 25.4. The summed E-state index contributed by atoms with van der Waals surface area (Å²) in [5.74, 6) is -0.133. The number of nitrogens with zero attached hydrogens (tertiary/aromatic N) is 4. The number of rotatable bonds is 3. The third kappa shape index (κ3) is 3.17. The average Bonchev–Trinajstić information content (AvgIpc) is 3.29. The minimum atomic E-state index is -0.651. The number of likely N-dealkylation sites (tertiary alicyclic amines) is 1. The number of carbonyl (C=O) groups excluding carboxylic acids is 2. The molecule has 2 amide bonds. The fraction of sp³-hybridized carbons (Fsp3) is 0.625. The lowest BCUT2D eigenvalue weighted by atomic mass is 10.2. The van der Waals surface area contributed by atoms with E-state index in [1.165, 1.54) is 12.4 Å². The van der Waals surface area contributed by atoms with Crippen LogP contribution in [0.25, 0.3) is 0 Å². The minimum absolute atomic E-state index is 0.0555. The molecule has 0 saturated carbocycles. The fourth-order valence-electron chi connectivity index (χ4n) is 3.79. The van der Waals surface area contributed by atoms with Gasteiger partial charge in [0.25, 0.3) is 5.91 Å². The van der Waals surface area contributed by atoms with Gasteiger partial charge in [-0.15, -0.1) is 0 Å². The van der Waals surface area contributed by atoms with E-state index in [4.69, 9.17) is 14.7 Å². The van der Waals surface area contributed by atoms with Crippen molar-refractivity contribution in [1.29, 1.82) is 0 Å².